The number of methoxy groups -OCH3 is 1. The van der Waals surface area contributed by atoms with E-state index in [-0.39, 0.29) is 30.9 Å². The number of rotatable bonds is 5. The summed E-state index contributed by atoms with van der Waals surface area (Å²) < 4.78 is 10.8. The predicted molar refractivity (Wildman–Crippen MR) is 116 cm³/mol. The van der Waals surface area contributed by atoms with Gasteiger partial charge in [-0.15, -0.1) is 0 Å². The third-order valence-electron chi connectivity index (χ3n) is 5.47. The lowest BCUT2D eigenvalue weighted by atomic mass is 10.1. The van der Waals surface area contributed by atoms with E-state index in [2.05, 4.69) is 5.32 Å². The molecule has 0 radical (unpaired) electrons. The topological polar surface area (TPSA) is 88.2 Å². The molecular weight excluding hydrogens is 398 g/mol. The molecule has 0 aromatic heterocycles. The zero-order valence-electron chi connectivity index (χ0n) is 17.6. The Morgan fingerprint density at radius 3 is 2.65 bits per heavy atom. The maximum Gasteiger partial charge on any atom is 0.265 e. The lowest BCUT2D eigenvalue weighted by molar-refractivity contribution is -0.123. The van der Waals surface area contributed by atoms with Crippen LogP contribution in [-0.4, -0.2) is 56.0 Å². The van der Waals surface area contributed by atoms with Gasteiger partial charge in [-0.3, -0.25) is 19.3 Å². The number of hydrogen-bond donors (Lipinski definition) is 1. The minimum atomic E-state index is -0.374. The molecule has 1 saturated heterocycles. The van der Waals surface area contributed by atoms with Gasteiger partial charge in [0.15, 0.2) is 6.61 Å². The Balaban J connectivity index is 1.56. The maximum atomic E-state index is 12.8. The average Bonchev–Trinajstić information content (AvgIpc) is 3.30. The van der Waals surface area contributed by atoms with Crippen LogP contribution in [0.3, 0.4) is 0 Å². The summed E-state index contributed by atoms with van der Waals surface area (Å²) in [4.78, 5) is 41.3. The van der Waals surface area contributed by atoms with Crippen molar-refractivity contribution in [3.8, 4) is 11.5 Å². The molecule has 0 bridgehead atoms. The third-order valence-corrected chi connectivity index (χ3v) is 5.47. The second kappa shape index (κ2) is 8.67. The van der Waals surface area contributed by atoms with Crippen LogP contribution in [0.5, 0.6) is 11.5 Å². The van der Waals surface area contributed by atoms with Gasteiger partial charge < -0.3 is 19.7 Å². The van der Waals surface area contributed by atoms with Crippen molar-refractivity contribution in [3.05, 3.63) is 47.5 Å². The Bertz CT molecular complexity index is 1030. The van der Waals surface area contributed by atoms with E-state index >= 15 is 0 Å². The zero-order chi connectivity index (χ0) is 22.0. The highest BCUT2D eigenvalue weighted by atomic mass is 16.5. The highest BCUT2D eigenvalue weighted by Gasteiger charge is 2.29. The molecule has 8 heteroatoms. The molecule has 2 heterocycles. The van der Waals surface area contributed by atoms with Gasteiger partial charge in [0.1, 0.15) is 18.0 Å². The Morgan fingerprint density at radius 1 is 1.13 bits per heavy atom. The lowest BCUT2D eigenvalue weighted by Gasteiger charge is -2.29. The van der Waals surface area contributed by atoms with Crippen molar-refractivity contribution in [1.29, 1.82) is 0 Å². The smallest absolute Gasteiger partial charge is 0.265 e. The van der Waals surface area contributed by atoms with Crippen LogP contribution in [-0.2, 0) is 9.59 Å². The van der Waals surface area contributed by atoms with Gasteiger partial charge >= 0.3 is 0 Å². The number of aryl methyl sites for hydroxylation is 1. The first-order chi connectivity index (χ1) is 15.0. The average molecular weight is 423 g/mol. The number of nitrogens with one attached hydrogen (secondary N) is 1. The Kier molecular flexibility index (Phi) is 5.79. The second-order valence-corrected chi connectivity index (χ2v) is 7.70. The summed E-state index contributed by atoms with van der Waals surface area (Å²) in [6, 6.07) is 10.5. The normalized spacial score (nSPS) is 15.4. The Morgan fingerprint density at radius 2 is 1.90 bits per heavy atom. The van der Waals surface area contributed by atoms with E-state index in [0.717, 1.165) is 31.5 Å². The molecule has 162 valence electrons. The number of carbonyl (C=O) groups excluding carboxylic acids is 3. The number of carbonyl (C=O) groups is 3. The molecule has 1 fully saturated rings. The Hall–Kier alpha value is -3.55. The zero-order valence-corrected chi connectivity index (χ0v) is 17.6. The van der Waals surface area contributed by atoms with Crippen LogP contribution in [0.1, 0.15) is 28.8 Å². The maximum absolute atomic E-state index is 12.8. The molecule has 0 spiro atoms. The third kappa shape index (κ3) is 4.33. The fourth-order valence-electron chi connectivity index (χ4n) is 3.86. The number of fused-ring (bicyclic) bond motifs is 1. The molecule has 0 unspecified atom stereocenters. The van der Waals surface area contributed by atoms with Crippen molar-refractivity contribution >= 4 is 29.1 Å². The standard InChI is InChI=1S/C23H25N3O5/c1-15-5-7-19(30-2)17(11-15)24-21(27)13-26-18-12-16(23(29)25-9-3-4-10-25)6-8-20(18)31-14-22(26)28/h5-8,11-12H,3-4,9-10,13-14H2,1-2H3,(H,24,27). The molecule has 0 saturated carbocycles. The summed E-state index contributed by atoms with van der Waals surface area (Å²) >= 11 is 0. The van der Waals surface area contributed by atoms with Crippen molar-refractivity contribution < 1.29 is 23.9 Å². The minimum Gasteiger partial charge on any atom is -0.495 e. The summed E-state index contributed by atoms with van der Waals surface area (Å²) in [7, 11) is 1.53. The number of ether oxygens (including phenoxy) is 2. The number of hydrogen-bond acceptors (Lipinski definition) is 5. The molecule has 0 atom stereocenters. The number of likely N-dealkylation sites (tertiary alicyclic amines) is 1. The molecular formula is C23H25N3O5. The molecule has 2 aliphatic heterocycles. The molecule has 1 N–H and O–H groups in total. The van der Waals surface area contributed by atoms with E-state index < -0.39 is 0 Å². The van der Waals surface area contributed by atoms with Crippen LogP contribution >= 0.6 is 0 Å². The summed E-state index contributed by atoms with van der Waals surface area (Å²) in [6.07, 6.45) is 1.99. The van der Waals surface area contributed by atoms with Crippen LogP contribution in [0.25, 0.3) is 0 Å². The molecule has 2 aliphatic rings. The monoisotopic (exact) mass is 423 g/mol. The van der Waals surface area contributed by atoms with Crippen molar-refractivity contribution in [2.75, 3.05) is 43.6 Å². The van der Waals surface area contributed by atoms with E-state index in [0.29, 0.717) is 28.4 Å². The minimum absolute atomic E-state index is 0.0766. The molecule has 2 aromatic rings. The van der Waals surface area contributed by atoms with Crippen molar-refractivity contribution in [1.82, 2.24) is 4.90 Å². The summed E-state index contributed by atoms with van der Waals surface area (Å²) in [5.74, 6) is 0.211. The van der Waals surface area contributed by atoms with Gasteiger partial charge in [-0.25, -0.2) is 0 Å². The van der Waals surface area contributed by atoms with Gasteiger partial charge in [0.05, 0.1) is 18.5 Å². The molecule has 8 nitrogen and oxygen atoms in total. The highest BCUT2D eigenvalue weighted by Crippen LogP contribution is 2.34. The number of nitrogens with zero attached hydrogens (tertiary/aromatic N) is 2. The van der Waals surface area contributed by atoms with Gasteiger partial charge in [0, 0.05) is 18.7 Å². The number of anilines is 2. The Labute approximate surface area is 180 Å². The van der Waals surface area contributed by atoms with Crippen LogP contribution in [0.15, 0.2) is 36.4 Å². The van der Waals surface area contributed by atoms with E-state index in [1.54, 1.807) is 35.2 Å². The largest absolute Gasteiger partial charge is 0.495 e. The molecule has 31 heavy (non-hydrogen) atoms. The van der Waals surface area contributed by atoms with Crippen molar-refractivity contribution in [3.63, 3.8) is 0 Å². The fourth-order valence-corrected chi connectivity index (χ4v) is 3.86. The predicted octanol–water partition coefficient (Wildman–Crippen LogP) is 2.60. The first-order valence-corrected chi connectivity index (χ1v) is 10.3. The first kappa shape index (κ1) is 20.7. The van der Waals surface area contributed by atoms with Crippen molar-refractivity contribution in [2.24, 2.45) is 0 Å². The van der Waals surface area contributed by atoms with E-state index in [1.165, 1.54) is 12.0 Å². The van der Waals surface area contributed by atoms with Crippen LogP contribution in [0, 0.1) is 6.92 Å². The van der Waals surface area contributed by atoms with Gasteiger partial charge in [0.25, 0.3) is 11.8 Å². The van der Waals surface area contributed by atoms with Crippen LogP contribution in [0.4, 0.5) is 11.4 Å². The lowest BCUT2D eigenvalue weighted by Crippen LogP contribution is -2.43. The van der Waals surface area contributed by atoms with E-state index in [9.17, 15) is 14.4 Å². The molecule has 2 aromatic carbocycles. The second-order valence-electron chi connectivity index (χ2n) is 7.70. The van der Waals surface area contributed by atoms with E-state index in [4.69, 9.17) is 9.47 Å². The molecule has 4 rings (SSSR count). The quantitative estimate of drug-likeness (QED) is 0.799. The number of benzene rings is 2. The summed E-state index contributed by atoms with van der Waals surface area (Å²) in [5, 5.41) is 2.81. The van der Waals surface area contributed by atoms with Gasteiger partial charge in [-0.05, 0) is 55.7 Å². The van der Waals surface area contributed by atoms with Gasteiger partial charge in [-0.2, -0.15) is 0 Å². The molecule has 0 aliphatic carbocycles. The van der Waals surface area contributed by atoms with E-state index in [1.807, 2.05) is 13.0 Å². The SMILES string of the molecule is COc1ccc(C)cc1NC(=O)CN1C(=O)COc2ccc(C(=O)N3CCCC3)cc21. The van der Waals surface area contributed by atoms with Gasteiger partial charge in [0.2, 0.25) is 5.91 Å². The van der Waals surface area contributed by atoms with Crippen LogP contribution < -0.4 is 19.7 Å². The highest BCUT2D eigenvalue weighted by molar-refractivity contribution is 6.06. The first-order valence-electron chi connectivity index (χ1n) is 10.3. The molecule has 3 amide bonds. The number of amides is 3. The van der Waals surface area contributed by atoms with Crippen LogP contribution in [0.2, 0.25) is 0 Å². The summed E-state index contributed by atoms with van der Waals surface area (Å²) in [5.41, 5.74) is 2.40. The summed E-state index contributed by atoms with van der Waals surface area (Å²) in [6.45, 7) is 3.02. The fraction of sp³-hybridized carbons (Fsp3) is 0.348. The van der Waals surface area contributed by atoms with Gasteiger partial charge in [-0.1, -0.05) is 6.07 Å². The van der Waals surface area contributed by atoms with Crippen molar-refractivity contribution in [2.45, 2.75) is 19.8 Å².